The van der Waals surface area contributed by atoms with E-state index >= 15 is 0 Å². The van der Waals surface area contributed by atoms with Gasteiger partial charge in [0.25, 0.3) is 5.69 Å². The number of nitro groups is 1. The van der Waals surface area contributed by atoms with Gasteiger partial charge >= 0.3 is 0 Å². The monoisotopic (exact) mass is 318 g/mol. The molecular weight excluding hydrogens is 304 g/mol. The van der Waals surface area contributed by atoms with Crippen LogP contribution in [0.3, 0.4) is 0 Å². The first-order valence-corrected chi connectivity index (χ1v) is 8.22. The number of nitrogens with zero attached hydrogens (tertiary/aromatic N) is 1. The molecule has 110 valence electrons. The van der Waals surface area contributed by atoms with Gasteiger partial charge in [-0.15, -0.1) is 0 Å². The van der Waals surface area contributed by atoms with Gasteiger partial charge in [0, 0.05) is 18.2 Å². The summed E-state index contributed by atoms with van der Waals surface area (Å²) in [4.78, 5) is 9.85. The van der Waals surface area contributed by atoms with Crippen LogP contribution in [-0.2, 0) is 10.0 Å². The highest BCUT2D eigenvalue weighted by Crippen LogP contribution is 2.27. The minimum absolute atomic E-state index is 0.0149. The number of rotatable bonds is 4. The fourth-order valence-corrected chi connectivity index (χ4v) is 4.14. The van der Waals surface area contributed by atoms with Crippen molar-refractivity contribution in [3.05, 3.63) is 33.3 Å². The Kier molecular flexibility index (Phi) is 4.62. The van der Waals surface area contributed by atoms with Crippen molar-refractivity contribution in [3.63, 3.8) is 0 Å². The van der Waals surface area contributed by atoms with Crippen molar-refractivity contribution in [1.82, 2.24) is 4.72 Å². The van der Waals surface area contributed by atoms with E-state index in [0.29, 0.717) is 0 Å². The van der Waals surface area contributed by atoms with Crippen LogP contribution in [-0.4, -0.2) is 19.4 Å². The highest BCUT2D eigenvalue weighted by atomic mass is 35.5. The summed E-state index contributed by atoms with van der Waals surface area (Å²) in [5.74, 6) is 0. The van der Waals surface area contributed by atoms with Crippen LogP contribution in [0.4, 0.5) is 5.69 Å². The molecule has 8 heteroatoms. The molecular formula is C12H15ClN2O4S. The number of nitro benzene ring substituents is 1. The molecule has 2 rings (SSSR count). The van der Waals surface area contributed by atoms with Crippen molar-refractivity contribution >= 4 is 27.3 Å². The van der Waals surface area contributed by atoms with Gasteiger partial charge in [-0.1, -0.05) is 30.9 Å². The fourth-order valence-electron chi connectivity index (χ4n) is 2.31. The zero-order chi connectivity index (χ0) is 14.8. The third kappa shape index (κ3) is 3.47. The molecule has 1 aromatic rings. The molecule has 0 radical (unpaired) electrons. The predicted molar refractivity (Wildman–Crippen MR) is 75.3 cm³/mol. The fraction of sp³-hybridized carbons (Fsp3) is 0.500. The number of non-ortho nitro benzene ring substituents is 1. The van der Waals surface area contributed by atoms with Crippen molar-refractivity contribution in [1.29, 1.82) is 0 Å². The molecule has 0 aromatic heterocycles. The van der Waals surface area contributed by atoms with Crippen LogP contribution in [0.1, 0.15) is 32.1 Å². The molecule has 1 N–H and O–H groups in total. The first-order chi connectivity index (χ1) is 9.40. The molecule has 1 saturated carbocycles. The van der Waals surface area contributed by atoms with E-state index in [9.17, 15) is 18.5 Å². The molecule has 1 aliphatic carbocycles. The SMILES string of the molecule is O=[N+]([O-])c1ccc(Cl)c(S(=O)(=O)NC2CCCCC2)c1. The topological polar surface area (TPSA) is 89.3 Å². The van der Waals surface area contributed by atoms with Crippen molar-refractivity contribution in [3.8, 4) is 0 Å². The second-order valence-corrected chi connectivity index (χ2v) is 6.92. The van der Waals surface area contributed by atoms with Crippen LogP contribution in [0.2, 0.25) is 5.02 Å². The second kappa shape index (κ2) is 6.07. The van der Waals surface area contributed by atoms with Crippen LogP contribution in [0.15, 0.2) is 23.1 Å². The summed E-state index contributed by atoms with van der Waals surface area (Å²) in [6.07, 6.45) is 4.64. The van der Waals surface area contributed by atoms with Gasteiger partial charge in [0.1, 0.15) is 4.90 Å². The van der Waals surface area contributed by atoms with E-state index in [-0.39, 0.29) is 21.6 Å². The number of hydrogen-bond donors (Lipinski definition) is 1. The number of sulfonamides is 1. The molecule has 0 amide bonds. The minimum atomic E-state index is -3.83. The Morgan fingerprint density at radius 3 is 2.50 bits per heavy atom. The van der Waals surface area contributed by atoms with Crippen molar-refractivity contribution in [2.45, 2.75) is 43.0 Å². The quantitative estimate of drug-likeness (QED) is 0.682. The van der Waals surface area contributed by atoms with Crippen molar-refractivity contribution in [2.75, 3.05) is 0 Å². The third-order valence-corrected chi connectivity index (χ3v) is 5.34. The van der Waals surface area contributed by atoms with Gasteiger partial charge in [-0.3, -0.25) is 10.1 Å². The highest BCUT2D eigenvalue weighted by Gasteiger charge is 2.25. The van der Waals surface area contributed by atoms with Crippen LogP contribution >= 0.6 is 11.6 Å². The first kappa shape index (κ1) is 15.2. The molecule has 6 nitrogen and oxygen atoms in total. The normalized spacial score (nSPS) is 17.1. The summed E-state index contributed by atoms with van der Waals surface area (Å²) >= 11 is 5.86. The predicted octanol–water partition coefficient (Wildman–Crippen LogP) is 2.86. The second-order valence-electron chi connectivity index (χ2n) is 4.83. The van der Waals surface area contributed by atoms with Crippen LogP contribution in [0.25, 0.3) is 0 Å². The van der Waals surface area contributed by atoms with Crippen molar-refractivity contribution in [2.24, 2.45) is 0 Å². The zero-order valence-electron chi connectivity index (χ0n) is 10.7. The Hall–Kier alpha value is -1.18. The van der Waals surface area contributed by atoms with E-state index in [1.807, 2.05) is 0 Å². The van der Waals surface area contributed by atoms with E-state index in [0.717, 1.165) is 38.2 Å². The van der Waals surface area contributed by atoms with Crippen LogP contribution in [0.5, 0.6) is 0 Å². The molecule has 0 atom stereocenters. The molecule has 0 unspecified atom stereocenters. The maximum Gasteiger partial charge on any atom is 0.270 e. The van der Waals surface area contributed by atoms with Gasteiger partial charge in [0.2, 0.25) is 10.0 Å². The number of benzene rings is 1. The lowest BCUT2D eigenvalue weighted by Gasteiger charge is -2.22. The Bertz CT molecular complexity index is 612. The average Bonchev–Trinajstić information content (AvgIpc) is 2.39. The lowest BCUT2D eigenvalue weighted by atomic mass is 9.96. The summed E-state index contributed by atoms with van der Waals surface area (Å²) in [6.45, 7) is 0. The lowest BCUT2D eigenvalue weighted by molar-refractivity contribution is -0.385. The molecule has 0 aliphatic heterocycles. The maximum absolute atomic E-state index is 12.3. The van der Waals surface area contributed by atoms with E-state index < -0.39 is 14.9 Å². The van der Waals surface area contributed by atoms with Gasteiger partial charge in [-0.2, -0.15) is 0 Å². The molecule has 1 fully saturated rings. The number of nitrogens with one attached hydrogen (secondary N) is 1. The highest BCUT2D eigenvalue weighted by molar-refractivity contribution is 7.89. The molecule has 1 aromatic carbocycles. The first-order valence-electron chi connectivity index (χ1n) is 6.36. The Balaban J connectivity index is 2.28. The lowest BCUT2D eigenvalue weighted by Crippen LogP contribution is -2.36. The third-order valence-electron chi connectivity index (χ3n) is 3.34. The Labute approximate surface area is 122 Å². The molecule has 0 heterocycles. The van der Waals surface area contributed by atoms with E-state index in [1.165, 1.54) is 12.1 Å². The van der Waals surface area contributed by atoms with Crippen molar-refractivity contribution < 1.29 is 13.3 Å². The van der Waals surface area contributed by atoms with Gasteiger partial charge in [0.15, 0.2) is 0 Å². The summed E-state index contributed by atoms with van der Waals surface area (Å²) in [6, 6.07) is 3.29. The van der Waals surface area contributed by atoms with Gasteiger partial charge in [-0.25, -0.2) is 13.1 Å². The smallest absolute Gasteiger partial charge is 0.258 e. The summed E-state index contributed by atoms with van der Waals surface area (Å²) in [7, 11) is -3.83. The van der Waals surface area contributed by atoms with Gasteiger partial charge in [-0.05, 0) is 18.9 Å². The minimum Gasteiger partial charge on any atom is -0.258 e. The van der Waals surface area contributed by atoms with Gasteiger partial charge in [0.05, 0.1) is 9.95 Å². The molecule has 20 heavy (non-hydrogen) atoms. The number of halogens is 1. The Morgan fingerprint density at radius 2 is 1.90 bits per heavy atom. The molecule has 0 saturated heterocycles. The van der Waals surface area contributed by atoms with E-state index in [4.69, 9.17) is 11.6 Å². The zero-order valence-corrected chi connectivity index (χ0v) is 12.3. The maximum atomic E-state index is 12.3. The van der Waals surface area contributed by atoms with Gasteiger partial charge < -0.3 is 0 Å². The summed E-state index contributed by atoms with van der Waals surface area (Å²) in [5.41, 5.74) is -0.293. The summed E-state index contributed by atoms with van der Waals surface area (Å²) in [5, 5.41) is 10.7. The van der Waals surface area contributed by atoms with E-state index in [2.05, 4.69) is 4.72 Å². The van der Waals surface area contributed by atoms with E-state index in [1.54, 1.807) is 0 Å². The average molecular weight is 319 g/mol. The molecule has 1 aliphatic rings. The van der Waals surface area contributed by atoms with Crippen LogP contribution < -0.4 is 4.72 Å². The summed E-state index contributed by atoms with van der Waals surface area (Å²) < 4.78 is 27.1. The Morgan fingerprint density at radius 1 is 1.25 bits per heavy atom. The standard InChI is InChI=1S/C12H15ClN2O4S/c13-11-7-6-10(15(16)17)8-12(11)20(18,19)14-9-4-2-1-3-5-9/h6-9,14H,1-5H2. The largest absolute Gasteiger partial charge is 0.270 e. The molecule has 0 spiro atoms. The molecule has 0 bridgehead atoms. The van der Waals surface area contributed by atoms with Crippen LogP contribution in [0, 0.1) is 10.1 Å². The number of hydrogen-bond acceptors (Lipinski definition) is 4.